The number of carbonyl (C=O) groups excluding carboxylic acids is 1. The molecule has 4 aromatic rings. The van der Waals surface area contributed by atoms with Crippen molar-refractivity contribution in [1.29, 1.82) is 0 Å². The van der Waals surface area contributed by atoms with E-state index in [2.05, 4.69) is 22.6 Å². The number of ether oxygens (including phenoxy) is 1. The molecule has 0 fully saturated rings. The van der Waals surface area contributed by atoms with Crippen LogP contribution in [0, 0.1) is 0 Å². The number of nitrogens with one attached hydrogen (secondary N) is 1. The van der Waals surface area contributed by atoms with Gasteiger partial charge in [0.15, 0.2) is 5.82 Å². The number of para-hydroxylation sites is 2. The van der Waals surface area contributed by atoms with Gasteiger partial charge in [-0.15, -0.1) is 5.10 Å². The molecule has 2 aromatic heterocycles. The minimum absolute atomic E-state index is 0.0185. The van der Waals surface area contributed by atoms with Crippen LogP contribution in [0.25, 0.3) is 22.1 Å². The molecule has 0 aliphatic rings. The van der Waals surface area contributed by atoms with Crippen LogP contribution in [-0.2, 0) is 22.5 Å². The summed E-state index contributed by atoms with van der Waals surface area (Å²) in [4.78, 5) is 21.4. The zero-order valence-electron chi connectivity index (χ0n) is 16.4. The fourth-order valence-electron chi connectivity index (χ4n) is 3.17. The quantitative estimate of drug-likeness (QED) is 0.481. The van der Waals surface area contributed by atoms with Crippen LogP contribution in [0.15, 0.2) is 42.5 Å². The van der Waals surface area contributed by atoms with Crippen molar-refractivity contribution in [2.45, 2.75) is 33.2 Å². The summed E-state index contributed by atoms with van der Waals surface area (Å²) < 4.78 is 6.55. The van der Waals surface area contributed by atoms with Crippen molar-refractivity contribution in [3.8, 4) is 0 Å². The number of rotatable bonds is 7. The van der Waals surface area contributed by atoms with Crippen molar-refractivity contribution in [3.05, 3.63) is 48.2 Å². The van der Waals surface area contributed by atoms with Gasteiger partial charge >= 0.3 is 5.97 Å². The number of aryl methyl sites for hydroxylation is 1. The topological polar surface area (TPSA) is 94.8 Å². The molecule has 0 unspecified atom stereocenters. The van der Waals surface area contributed by atoms with Crippen LogP contribution < -0.4 is 5.32 Å². The number of benzene rings is 2. The van der Waals surface area contributed by atoms with Crippen molar-refractivity contribution < 1.29 is 9.53 Å². The zero-order chi connectivity index (χ0) is 20.2. The number of hydrogen-bond donors (Lipinski definition) is 1. The van der Waals surface area contributed by atoms with E-state index in [9.17, 15) is 4.79 Å². The predicted molar refractivity (Wildman–Crippen MR) is 111 cm³/mol. The fraction of sp³-hybridized carbons (Fsp3) is 0.286. The van der Waals surface area contributed by atoms with Crippen LogP contribution in [0.3, 0.4) is 0 Å². The van der Waals surface area contributed by atoms with E-state index < -0.39 is 0 Å². The van der Waals surface area contributed by atoms with E-state index in [0.717, 1.165) is 46.6 Å². The van der Waals surface area contributed by atoms with E-state index >= 15 is 0 Å². The van der Waals surface area contributed by atoms with Gasteiger partial charge in [0.25, 0.3) is 0 Å². The second-order valence-corrected chi connectivity index (χ2v) is 6.64. The van der Waals surface area contributed by atoms with Crippen LogP contribution in [0.1, 0.15) is 26.0 Å². The molecule has 29 heavy (non-hydrogen) atoms. The minimum atomic E-state index is -0.344. The summed E-state index contributed by atoms with van der Waals surface area (Å²) in [5.74, 6) is 0.387. The van der Waals surface area contributed by atoms with E-state index in [1.165, 1.54) is 4.68 Å². The molecule has 0 radical (unpaired) electrons. The summed E-state index contributed by atoms with van der Waals surface area (Å²) in [5, 5.41) is 11.6. The smallest absolute Gasteiger partial charge is 0.327 e. The van der Waals surface area contributed by atoms with Crippen molar-refractivity contribution in [3.63, 3.8) is 0 Å². The van der Waals surface area contributed by atoms with E-state index in [0.29, 0.717) is 12.1 Å². The SMILES string of the molecule is CCCc1nc2ccccc2nc1Nc1ccc2nnn(CC(=O)OCC)c2c1. The summed E-state index contributed by atoms with van der Waals surface area (Å²) in [6.45, 7) is 4.24. The van der Waals surface area contributed by atoms with Crippen LogP contribution in [-0.4, -0.2) is 37.5 Å². The highest BCUT2D eigenvalue weighted by molar-refractivity contribution is 5.82. The number of carbonyl (C=O) groups is 1. The maximum atomic E-state index is 11.8. The molecule has 0 spiro atoms. The third kappa shape index (κ3) is 4.01. The number of fused-ring (bicyclic) bond motifs is 2. The van der Waals surface area contributed by atoms with Gasteiger partial charge in [0.05, 0.1) is 28.9 Å². The van der Waals surface area contributed by atoms with Gasteiger partial charge in [0.2, 0.25) is 0 Å². The average Bonchev–Trinajstić information content (AvgIpc) is 3.11. The van der Waals surface area contributed by atoms with Gasteiger partial charge in [-0.25, -0.2) is 14.6 Å². The lowest BCUT2D eigenvalue weighted by Gasteiger charge is -2.12. The molecule has 0 aliphatic carbocycles. The van der Waals surface area contributed by atoms with Crippen LogP contribution >= 0.6 is 0 Å². The van der Waals surface area contributed by atoms with Gasteiger partial charge in [0, 0.05) is 5.69 Å². The molecule has 0 aliphatic heterocycles. The molecule has 0 atom stereocenters. The predicted octanol–water partition coefficient (Wildman–Crippen LogP) is 3.63. The lowest BCUT2D eigenvalue weighted by molar-refractivity contribution is -0.143. The number of aromatic nitrogens is 5. The number of esters is 1. The summed E-state index contributed by atoms with van der Waals surface area (Å²) in [5.41, 5.74) is 4.92. The second kappa shape index (κ2) is 8.22. The van der Waals surface area contributed by atoms with Crippen molar-refractivity contribution in [2.24, 2.45) is 0 Å². The lowest BCUT2D eigenvalue weighted by atomic mass is 10.2. The lowest BCUT2D eigenvalue weighted by Crippen LogP contribution is -2.14. The van der Waals surface area contributed by atoms with E-state index in [-0.39, 0.29) is 12.5 Å². The summed E-state index contributed by atoms with van der Waals surface area (Å²) in [7, 11) is 0. The van der Waals surface area contributed by atoms with E-state index in [1.807, 2.05) is 42.5 Å². The molecule has 1 N–H and O–H groups in total. The first-order valence-electron chi connectivity index (χ1n) is 9.69. The van der Waals surface area contributed by atoms with Crippen LogP contribution in [0.5, 0.6) is 0 Å². The molecule has 0 amide bonds. The normalized spacial score (nSPS) is 11.1. The first-order chi connectivity index (χ1) is 14.2. The van der Waals surface area contributed by atoms with Crippen molar-refractivity contribution >= 4 is 39.5 Å². The summed E-state index contributed by atoms with van der Waals surface area (Å²) in [6.07, 6.45) is 1.79. The molecule has 8 heteroatoms. The summed E-state index contributed by atoms with van der Waals surface area (Å²) in [6, 6.07) is 13.5. The Bertz CT molecular complexity index is 1170. The highest BCUT2D eigenvalue weighted by Gasteiger charge is 2.12. The Morgan fingerprint density at radius 1 is 1.07 bits per heavy atom. The Morgan fingerprint density at radius 2 is 1.86 bits per heavy atom. The van der Waals surface area contributed by atoms with E-state index in [4.69, 9.17) is 14.7 Å². The Morgan fingerprint density at radius 3 is 2.62 bits per heavy atom. The number of nitrogens with zero attached hydrogens (tertiary/aromatic N) is 5. The monoisotopic (exact) mass is 390 g/mol. The van der Waals surface area contributed by atoms with E-state index in [1.54, 1.807) is 6.92 Å². The second-order valence-electron chi connectivity index (χ2n) is 6.64. The fourth-order valence-corrected chi connectivity index (χ4v) is 3.17. The Hall–Kier alpha value is -3.55. The van der Waals surface area contributed by atoms with Crippen molar-refractivity contribution in [2.75, 3.05) is 11.9 Å². The Kier molecular flexibility index (Phi) is 5.33. The molecule has 148 valence electrons. The van der Waals surface area contributed by atoms with Gasteiger partial charge in [-0.3, -0.25) is 4.79 Å². The van der Waals surface area contributed by atoms with Crippen LogP contribution in [0.4, 0.5) is 11.5 Å². The largest absolute Gasteiger partial charge is 0.465 e. The molecule has 0 bridgehead atoms. The highest BCUT2D eigenvalue weighted by atomic mass is 16.5. The zero-order valence-corrected chi connectivity index (χ0v) is 16.4. The Balaban J connectivity index is 1.68. The van der Waals surface area contributed by atoms with Gasteiger partial charge < -0.3 is 10.1 Å². The number of hydrogen-bond acceptors (Lipinski definition) is 7. The minimum Gasteiger partial charge on any atom is -0.465 e. The van der Waals surface area contributed by atoms with Gasteiger partial charge in [-0.1, -0.05) is 30.7 Å². The molecule has 2 heterocycles. The maximum absolute atomic E-state index is 11.8. The third-order valence-corrected chi connectivity index (χ3v) is 4.49. The standard InChI is InChI=1S/C21H22N6O2/c1-3-7-18-21(24-16-9-6-5-8-15(16)23-18)22-14-10-11-17-19(12-14)27(26-25-17)13-20(28)29-4-2/h5-6,8-12H,3-4,7,13H2,1-2H3,(H,22,24). The first-order valence-corrected chi connectivity index (χ1v) is 9.69. The average molecular weight is 390 g/mol. The van der Waals surface area contributed by atoms with Gasteiger partial charge in [-0.2, -0.15) is 0 Å². The third-order valence-electron chi connectivity index (χ3n) is 4.49. The highest BCUT2D eigenvalue weighted by Crippen LogP contribution is 2.24. The first kappa shape index (κ1) is 18.8. The molecule has 0 saturated carbocycles. The van der Waals surface area contributed by atoms with Crippen LogP contribution in [0.2, 0.25) is 0 Å². The molecular formula is C21H22N6O2. The van der Waals surface area contributed by atoms with Crippen molar-refractivity contribution in [1.82, 2.24) is 25.0 Å². The molecule has 4 rings (SSSR count). The molecule has 0 saturated heterocycles. The molecular weight excluding hydrogens is 368 g/mol. The summed E-state index contributed by atoms with van der Waals surface area (Å²) >= 11 is 0. The molecule has 8 nitrogen and oxygen atoms in total. The number of anilines is 2. The molecule has 2 aromatic carbocycles. The van der Waals surface area contributed by atoms with Gasteiger partial charge in [0.1, 0.15) is 12.1 Å². The van der Waals surface area contributed by atoms with Gasteiger partial charge in [-0.05, 0) is 43.7 Å². The maximum Gasteiger partial charge on any atom is 0.327 e. The Labute approximate surface area is 167 Å².